The van der Waals surface area contributed by atoms with E-state index in [0.29, 0.717) is 0 Å². The number of hydrogen-bond acceptors (Lipinski definition) is 3. The van der Waals surface area contributed by atoms with E-state index in [4.69, 9.17) is 0 Å². The van der Waals surface area contributed by atoms with Gasteiger partial charge in [0.25, 0.3) is 9.28 Å². The second kappa shape index (κ2) is 6.61. The van der Waals surface area contributed by atoms with Crippen LogP contribution in [-0.2, 0) is 0 Å². The number of nitrogens with one attached hydrogen (secondary N) is 2. The minimum absolute atomic E-state index is 0.832. The van der Waals surface area contributed by atoms with E-state index in [1.54, 1.807) is 0 Å². The van der Waals surface area contributed by atoms with Crippen molar-refractivity contribution in [3.05, 3.63) is 0 Å². The second-order valence-electron chi connectivity index (χ2n) is 9.78. The predicted octanol–water partition coefficient (Wildman–Crippen LogP) is 3.79. The Labute approximate surface area is 134 Å². The van der Waals surface area contributed by atoms with Gasteiger partial charge >= 0.3 is 0 Å². The summed E-state index contributed by atoms with van der Waals surface area (Å²) in [5, 5.41) is 0. The molecule has 1 radical (unpaired) electrons. The Morgan fingerprint density at radius 2 is 0.800 bits per heavy atom. The molecule has 0 unspecified atom stereocenters. The SMILES string of the molecule is C[Si](C)(C)N[Si](N[Si](C)(C)C)N([Si](C)(C)C)[Si](C)(C)C. The van der Waals surface area contributed by atoms with Gasteiger partial charge in [0.05, 0.1) is 0 Å². The third-order valence-electron chi connectivity index (χ3n) is 2.55. The van der Waals surface area contributed by atoms with Crippen LogP contribution in [0.5, 0.6) is 0 Å². The average molecular weight is 365 g/mol. The van der Waals surface area contributed by atoms with Gasteiger partial charge in [-0.3, -0.25) is 0 Å². The van der Waals surface area contributed by atoms with E-state index in [1.165, 1.54) is 0 Å². The molecule has 0 aliphatic heterocycles. The van der Waals surface area contributed by atoms with E-state index in [-0.39, 0.29) is 0 Å². The molecule has 0 bridgehead atoms. The third-order valence-corrected chi connectivity index (χ3v) is 23.0. The average Bonchev–Trinajstić information content (AvgIpc) is 1.87. The molecule has 0 spiro atoms. The Morgan fingerprint density at radius 3 is 0.950 bits per heavy atom. The Kier molecular flexibility index (Phi) is 6.93. The van der Waals surface area contributed by atoms with E-state index >= 15 is 0 Å². The minimum atomic E-state index is -1.32. The molecule has 0 saturated heterocycles. The zero-order valence-corrected chi connectivity index (χ0v) is 20.9. The maximum atomic E-state index is 4.09. The van der Waals surface area contributed by atoms with Crippen LogP contribution in [0.3, 0.4) is 0 Å². The van der Waals surface area contributed by atoms with Gasteiger partial charge in [-0.15, -0.1) is 0 Å². The molecule has 20 heavy (non-hydrogen) atoms. The van der Waals surface area contributed by atoms with Crippen LogP contribution in [-0.4, -0.2) is 46.1 Å². The third kappa shape index (κ3) is 8.42. The van der Waals surface area contributed by atoms with Gasteiger partial charge in [-0.1, -0.05) is 78.6 Å². The molecular weight excluding hydrogens is 327 g/mol. The monoisotopic (exact) mass is 364 g/mol. The minimum Gasteiger partial charge on any atom is -0.344 e. The summed E-state index contributed by atoms with van der Waals surface area (Å²) in [7, 11) is -6.05. The molecule has 0 aromatic rings. The first-order valence-electron chi connectivity index (χ1n) is 7.67. The summed E-state index contributed by atoms with van der Waals surface area (Å²) in [6.07, 6.45) is 0. The van der Waals surface area contributed by atoms with Gasteiger partial charge in [0.15, 0.2) is 0 Å². The molecule has 8 heteroatoms. The van der Waals surface area contributed by atoms with Crippen LogP contribution in [0.2, 0.25) is 78.6 Å². The summed E-state index contributed by atoms with van der Waals surface area (Å²) in [5.41, 5.74) is 0. The van der Waals surface area contributed by atoms with Gasteiger partial charge in [0, 0.05) is 0 Å². The highest BCUT2D eigenvalue weighted by Gasteiger charge is 2.43. The van der Waals surface area contributed by atoms with Crippen LogP contribution in [0, 0.1) is 0 Å². The van der Waals surface area contributed by atoms with Crippen molar-refractivity contribution in [2.75, 3.05) is 0 Å². The lowest BCUT2D eigenvalue weighted by Gasteiger charge is -2.50. The fourth-order valence-electron chi connectivity index (χ4n) is 2.53. The van der Waals surface area contributed by atoms with Crippen molar-refractivity contribution in [1.82, 2.24) is 13.2 Å². The smallest absolute Gasteiger partial charge is 0.293 e. The van der Waals surface area contributed by atoms with Gasteiger partial charge < -0.3 is 13.2 Å². The van der Waals surface area contributed by atoms with Crippen LogP contribution in [0.15, 0.2) is 0 Å². The number of hydrogen-bond donors (Lipinski definition) is 2. The van der Waals surface area contributed by atoms with Crippen LogP contribution in [0.4, 0.5) is 0 Å². The molecule has 0 heterocycles. The van der Waals surface area contributed by atoms with Gasteiger partial charge in [0.2, 0.25) is 0 Å². The largest absolute Gasteiger partial charge is 0.344 e. The zero-order valence-electron chi connectivity index (χ0n) is 15.9. The molecular formula is C12H38N3Si5. The quantitative estimate of drug-likeness (QED) is 0.673. The molecule has 0 aliphatic rings. The number of rotatable bonds is 7. The molecule has 0 atom stereocenters. The van der Waals surface area contributed by atoms with E-state index in [9.17, 15) is 0 Å². The predicted molar refractivity (Wildman–Crippen MR) is 107 cm³/mol. The fraction of sp³-hybridized carbons (Fsp3) is 1.00. The summed E-state index contributed by atoms with van der Waals surface area (Å²) >= 11 is 0. The van der Waals surface area contributed by atoms with Crippen LogP contribution in [0.25, 0.3) is 0 Å². The van der Waals surface area contributed by atoms with Gasteiger partial charge in [-0.2, -0.15) is 0 Å². The normalized spacial score (nSPS) is 15.3. The van der Waals surface area contributed by atoms with Crippen molar-refractivity contribution in [2.45, 2.75) is 78.6 Å². The van der Waals surface area contributed by atoms with Crippen LogP contribution >= 0.6 is 0 Å². The lowest BCUT2D eigenvalue weighted by Crippen LogP contribution is -2.79. The summed E-state index contributed by atoms with van der Waals surface area (Å²) in [4.78, 5) is 0. The van der Waals surface area contributed by atoms with Crippen molar-refractivity contribution in [1.29, 1.82) is 0 Å². The summed E-state index contributed by atoms with van der Waals surface area (Å²) in [5.74, 6) is 0. The van der Waals surface area contributed by atoms with E-state index in [0.717, 1.165) is 0 Å². The summed E-state index contributed by atoms with van der Waals surface area (Å²) in [6, 6.07) is 0. The molecule has 3 nitrogen and oxygen atoms in total. The Bertz CT molecular complexity index is 279. The number of nitrogens with zero attached hydrogens (tertiary/aromatic N) is 1. The lowest BCUT2D eigenvalue weighted by molar-refractivity contribution is 0.875. The zero-order chi connectivity index (χ0) is 16.6. The Balaban J connectivity index is 5.54. The highest BCUT2D eigenvalue weighted by molar-refractivity contribution is 7.02. The molecule has 2 N–H and O–H groups in total. The molecule has 0 saturated carbocycles. The van der Waals surface area contributed by atoms with Gasteiger partial charge in [0.1, 0.15) is 32.9 Å². The molecule has 121 valence electrons. The standard InChI is InChI=1S/C12H38N3Si5/c1-17(2,3)13-16(14-18(4,5)6)15(19(7,8)9)20(10,11)12/h13-14H,1-12H3. The summed E-state index contributed by atoms with van der Waals surface area (Å²) < 4.78 is 11.1. The van der Waals surface area contributed by atoms with Gasteiger partial charge in [-0.05, 0) is 0 Å². The molecule has 0 aromatic heterocycles. The molecule has 0 rings (SSSR count). The first-order valence-corrected chi connectivity index (χ1v) is 23.0. The van der Waals surface area contributed by atoms with Crippen molar-refractivity contribution in [3.8, 4) is 0 Å². The van der Waals surface area contributed by atoms with Crippen molar-refractivity contribution >= 4 is 42.2 Å². The van der Waals surface area contributed by atoms with E-state index < -0.39 is 42.2 Å². The molecule has 0 fully saturated rings. The highest BCUT2D eigenvalue weighted by Crippen LogP contribution is 2.21. The Morgan fingerprint density at radius 1 is 0.550 bits per heavy atom. The second-order valence-corrected chi connectivity index (χ2v) is 32.8. The van der Waals surface area contributed by atoms with Gasteiger partial charge in [-0.25, -0.2) is 0 Å². The first kappa shape index (κ1) is 21.0. The summed E-state index contributed by atoms with van der Waals surface area (Å²) in [6.45, 7) is 29.6. The molecule has 0 aromatic carbocycles. The molecule has 0 amide bonds. The van der Waals surface area contributed by atoms with Crippen LogP contribution in [0.1, 0.15) is 0 Å². The first-order chi connectivity index (χ1) is 8.43. The highest BCUT2D eigenvalue weighted by atomic mass is 28.5. The van der Waals surface area contributed by atoms with Crippen LogP contribution < -0.4 is 9.30 Å². The lowest BCUT2D eigenvalue weighted by atomic mass is 11.8. The van der Waals surface area contributed by atoms with E-state index in [1.807, 2.05) is 0 Å². The fourth-order valence-corrected chi connectivity index (χ4v) is 25.3. The molecule has 0 aliphatic carbocycles. The van der Waals surface area contributed by atoms with Crippen molar-refractivity contribution < 1.29 is 0 Å². The Hall–Kier alpha value is 0.964. The van der Waals surface area contributed by atoms with Crippen molar-refractivity contribution in [3.63, 3.8) is 0 Å². The van der Waals surface area contributed by atoms with E-state index in [2.05, 4.69) is 91.8 Å². The topological polar surface area (TPSA) is 27.3 Å². The maximum absolute atomic E-state index is 4.09. The van der Waals surface area contributed by atoms with Crippen molar-refractivity contribution in [2.24, 2.45) is 0 Å². The maximum Gasteiger partial charge on any atom is 0.293 e.